The van der Waals surface area contributed by atoms with Crippen molar-refractivity contribution >= 4 is 28.5 Å². The Morgan fingerprint density at radius 1 is 1.07 bits per heavy atom. The molecule has 4 aromatic rings. The Labute approximate surface area is 168 Å². The molecule has 0 atom stereocenters. The van der Waals surface area contributed by atoms with E-state index in [1.165, 1.54) is 0 Å². The maximum absolute atomic E-state index is 12.7. The van der Waals surface area contributed by atoms with Crippen LogP contribution in [0.4, 0.5) is 0 Å². The van der Waals surface area contributed by atoms with Crippen LogP contribution in [0.25, 0.3) is 11.0 Å². The Balaban J connectivity index is 1.66. The summed E-state index contributed by atoms with van der Waals surface area (Å²) in [5.41, 5.74) is 3.63. The lowest BCUT2D eigenvalue weighted by Gasteiger charge is -2.18. The van der Waals surface area contributed by atoms with Crippen molar-refractivity contribution in [2.24, 2.45) is 0 Å². The first-order valence-electron chi connectivity index (χ1n) is 8.96. The fourth-order valence-corrected chi connectivity index (χ4v) is 3.31. The molecule has 0 bridgehead atoms. The molecule has 1 amide bonds. The lowest BCUT2D eigenvalue weighted by atomic mass is 10.2. The van der Waals surface area contributed by atoms with E-state index in [1.807, 2.05) is 48.5 Å². The number of nitrogens with zero attached hydrogens (tertiary/aromatic N) is 4. The fourth-order valence-electron chi connectivity index (χ4n) is 3.19. The van der Waals surface area contributed by atoms with E-state index in [0.717, 1.165) is 22.4 Å². The van der Waals surface area contributed by atoms with E-state index in [-0.39, 0.29) is 5.91 Å². The van der Waals surface area contributed by atoms with Gasteiger partial charge in [-0.1, -0.05) is 35.9 Å². The maximum atomic E-state index is 12.7. The second kappa shape index (κ2) is 7.82. The van der Waals surface area contributed by atoms with E-state index in [2.05, 4.69) is 9.55 Å². The molecule has 28 heavy (non-hydrogen) atoms. The highest BCUT2D eigenvalue weighted by atomic mass is 35.5. The highest BCUT2D eigenvalue weighted by molar-refractivity contribution is 6.30. The van der Waals surface area contributed by atoms with Gasteiger partial charge in [0.25, 0.3) is 5.91 Å². The lowest BCUT2D eigenvalue weighted by molar-refractivity contribution is 0.0780. The molecule has 0 unspecified atom stereocenters. The van der Waals surface area contributed by atoms with Crippen LogP contribution in [0.3, 0.4) is 0 Å². The molecule has 0 aliphatic carbocycles. The maximum Gasteiger partial charge on any atom is 0.255 e. The van der Waals surface area contributed by atoms with Crippen molar-refractivity contribution in [2.45, 2.75) is 13.1 Å². The molecule has 0 spiro atoms. The van der Waals surface area contributed by atoms with Gasteiger partial charge in [-0.2, -0.15) is 0 Å². The number of hydrogen-bond acceptors (Lipinski definition) is 3. The minimum atomic E-state index is -0.0850. The van der Waals surface area contributed by atoms with Crippen molar-refractivity contribution in [1.82, 2.24) is 19.4 Å². The summed E-state index contributed by atoms with van der Waals surface area (Å²) < 4.78 is 2.14. The number of carbonyl (C=O) groups excluding carboxylic acids is 1. The summed E-state index contributed by atoms with van der Waals surface area (Å²) in [6.07, 6.45) is 3.23. The molecular formula is C22H19ClN4O. The zero-order valence-electron chi connectivity index (χ0n) is 15.4. The van der Waals surface area contributed by atoms with Gasteiger partial charge in [-0.15, -0.1) is 0 Å². The van der Waals surface area contributed by atoms with Crippen molar-refractivity contribution < 1.29 is 4.79 Å². The molecule has 0 aliphatic heterocycles. The normalized spacial score (nSPS) is 10.9. The Hall–Kier alpha value is -3.18. The first-order valence-corrected chi connectivity index (χ1v) is 9.34. The molecular weight excluding hydrogens is 372 g/mol. The summed E-state index contributed by atoms with van der Waals surface area (Å²) in [5.74, 6) is 0.745. The van der Waals surface area contributed by atoms with Crippen LogP contribution >= 0.6 is 11.6 Å². The smallest absolute Gasteiger partial charge is 0.255 e. The third-order valence-electron chi connectivity index (χ3n) is 4.62. The summed E-state index contributed by atoms with van der Waals surface area (Å²) >= 11 is 6.01. The molecule has 4 rings (SSSR count). The predicted octanol–water partition coefficient (Wildman–Crippen LogP) is 4.41. The van der Waals surface area contributed by atoms with E-state index < -0.39 is 0 Å². The van der Waals surface area contributed by atoms with Crippen LogP contribution in [0.5, 0.6) is 0 Å². The molecule has 140 valence electrons. The second-order valence-corrected chi connectivity index (χ2v) is 7.07. The highest BCUT2D eigenvalue weighted by Gasteiger charge is 2.17. The Bertz CT molecular complexity index is 1110. The number of pyridine rings is 1. The quantitative estimate of drug-likeness (QED) is 0.507. The van der Waals surface area contributed by atoms with Gasteiger partial charge in [-0.3, -0.25) is 9.78 Å². The van der Waals surface area contributed by atoms with Crippen LogP contribution in [-0.2, 0) is 13.1 Å². The minimum absolute atomic E-state index is 0.0850. The van der Waals surface area contributed by atoms with E-state index in [0.29, 0.717) is 23.7 Å². The predicted molar refractivity (Wildman–Crippen MR) is 110 cm³/mol. The van der Waals surface area contributed by atoms with Gasteiger partial charge >= 0.3 is 0 Å². The van der Waals surface area contributed by atoms with Crippen molar-refractivity contribution in [3.63, 3.8) is 0 Å². The SMILES string of the molecule is CN(Cc1nc2ccccc2n1Cc1ccc(Cl)cc1)C(=O)c1cccnc1. The fraction of sp³-hybridized carbons (Fsp3) is 0.136. The van der Waals surface area contributed by atoms with E-state index in [1.54, 1.807) is 36.5 Å². The van der Waals surface area contributed by atoms with Crippen LogP contribution in [0.15, 0.2) is 73.1 Å². The summed E-state index contributed by atoms with van der Waals surface area (Å²) in [4.78, 5) is 23.2. The van der Waals surface area contributed by atoms with Gasteiger partial charge in [0.2, 0.25) is 0 Å². The van der Waals surface area contributed by atoms with Crippen molar-refractivity contribution in [3.05, 3.63) is 95.0 Å². The molecule has 0 radical (unpaired) electrons. The monoisotopic (exact) mass is 390 g/mol. The summed E-state index contributed by atoms with van der Waals surface area (Å²) in [6.45, 7) is 1.05. The molecule has 2 aromatic carbocycles. The van der Waals surface area contributed by atoms with Crippen LogP contribution in [0, 0.1) is 0 Å². The van der Waals surface area contributed by atoms with E-state index in [9.17, 15) is 4.79 Å². The topological polar surface area (TPSA) is 51.0 Å². The highest BCUT2D eigenvalue weighted by Crippen LogP contribution is 2.20. The lowest BCUT2D eigenvalue weighted by Crippen LogP contribution is -2.28. The number of carbonyl (C=O) groups is 1. The van der Waals surface area contributed by atoms with Crippen LogP contribution in [0.1, 0.15) is 21.7 Å². The molecule has 5 nitrogen and oxygen atoms in total. The summed E-state index contributed by atoms with van der Waals surface area (Å²) in [6, 6.07) is 19.3. The van der Waals surface area contributed by atoms with E-state index >= 15 is 0 Å². The Kier molecular flexibility index (Phi) is 5.08. The molecule has 0 saturated carbocycles. The van der Waals surface area contributed by atoms with Crippen molar-refractivity contribution in [2.75, 3.05) is 7.05 Å². The molecule has 0 aliphatic rings. The third-order valence-corrected chi connectivity index (χ3v) is 4.87. The first kappa shape index (κ1) is 18.2. The number of halogens is 1. The summed E-state index contributed by atoms with van der Waals surface area (Å²) in [5, 5.41) is 0.710. The van der Waals surface area contributed by atoms with Crippen LogP contribution < -0.4 is 0 Å². The van der Waals surface area contributed by atoms with Crippen LogP contribution in [0.2, 0.25) is 5.02 Å². The van der Waals surface area contributed by atoms with Gasteiger partial charge < -0.3 is 9.47 Å². The minimum Gasteiger partial charge on any atom is -0.334 e. The van der Waals surface area contributed by atoms with Crippen molar-refractivity contribution in [3.8, 4) is 0 Å². The molecule has 2 heterocycles. The zero-order chi connectivity index (χ0) is 19.5. The zero-order valence-corrected chi connectivity index (χ0v) is 16.2. The number of fused-ring (bicyclic) bond motifs is 1. The Morgan fingerprint density at radius 2 is 1.86 bits per heavy atom. The number of para-hydroxylation sites is 2. The molecule has 6 heteroatoms. The van der Waals surface area contributed by atoms with Crippen LogP contribution in [-0.4, -0.2) is 32.4 Å². The number of aromatic nitrogens is 3. The number of hydrogen-bond donors (Lipinski definition) is 0. The summed E-state index contributed by atoms with van der Waals surface area (Å²) in [7, 11) is 1.78. The molecule has 2 aromatic heterocycles. The largest absolute Gasteiger partial charge is 0.334 e. The van der Waals surface area contributed by atoms with Gasteiger partial charge in [0.05, 0.1) is 23.1 Å². The molecule has 0 fully saturated rings. The number of rotatable bonds is 5. The van der Waals surface area contributed by atoms with Gasteiger partial charge in [0.15, 0.2) is 0 Å². The average molecular weight is 391 g/mol. The van der Waals surface area contributed by atoms with E-state index in [4.69, 9.17) is 16.6 Å². The Morgan fingerprint density at radius 3 is 2.61 bits per heavy atom. The van der Waals surface area contributed by atoms with Crippen molar-refractivity contribution in [1.29, 1.82) is 0 Å². The first-order chi connectivity index (χ1) is 13.6. The van der Waals surface area contributed by atoms with Gasteiger partial charge in [0, 0.05) is 31.0 Å². The molecule has 0 N–H and O–H groups in total. The second-order valence-electron chi connectivity index (χ2n) is 6.63. The number of imidazole rings is 1. The number of amides is 1. The standard InChI is InChI=1S/C22H19ClN4O/c1-26(22(28)17-5-4-12-24-13-17)15-21-25-19-6-2-3-7-20(19)27(21)14-16-8-10-18(23)11-9-16/h2-13H,14-15H2,1H3. The molecule has 0 saturated heterocycles. The average Bonchev–Trinajstić information content (AvgIpc) is 3.06. The van der Waals surface area contributed by atoms with Gasteiger partial charge in [0.1, 0.15) is 5.82 Å². The third kappa shape index (κ3) is 3.75. The van der Waals surface area contributed by atoms with Gasteiger partial charge in [-0.05, 0) is 42.0 Å². The van der Waals surface area contributed by atoms with Gasteiger partial charge in [-0.25, -0.2) is 4.98 Å². The number of benzene rings is 2.